The number of aromatic carboxylic acids is 1. The molecule has 1 aliphatic rings. The number of nitrogens with one attached hydrogen (secondary N) is 1. The molecule has 0 radical (unpaired) electrons. The third-order valence-corrected chi connectivity index (χ3v) is 5.10. The van der Waals surface area contributed by atoms with Crippen molar-refractivity contribution in [1.29, 1.82) is 0 Å². The molecule has 4 rings (SSSR count). The molecule has 1 fully saturated rings. The normalized spacial score (nSPS) is 16.7. The van der Waals surface area contributed by atoms with Gasteiger partial charge in [-0.3, -0.25) is 14.9 Å². The number of amides is 1. The third-order valence-electron chi connectivity index (χ3n) is 5.10. The van der Waals surface area contributed by atoms with Gasteiger partial charge in [0.25, 0.3) is 5.91 Å². The second-order valence-corrected chi connectivity index (χ2v) is 6.92. The first kappa shape index (κ1) is 17.9. The van der Waals surface area contributed by atoms with E-state index in [1.807, 2.05) is 23.1 Å². The molecule has 1 amide bonds. The number of carbonyl (C=O) groups is 2. The standard InChI is InChI=1S/C21H20N4O3/c26-20(19-12-18(23-24-19)14-6-8-22-9-7-14)25-10-2-5-17(13-25)15-3-1-4-16(11-15)21(27)28/h1,3-4,6-9,11-12,17H,2,5,10,13H2,(H,23,24)(H,27,28). The van der Waals surface area contributed by atoms with Crippen LogP contribution in [0.25, 0.3) is 11.3 Å². The summed E-state index contributed by atoms with van der Waals surface area (Å²) in [6.07, 6.45) is 5.18. The summed E-state index contributed by atoms with van der Waals surface area (Å²) in [5.41, 5.74) is 3.28. The van der Waals surface area contributed by atoms with Crippen molar-refractivity contribution in [3.63, 3.8) is 0 Å². The highest BCUT2D eigenvalue weighted by Gasteiger charge is 2.27. The predicted octanol–water partition coefficient (Wildman–Crippen LogP) is 3.19. The van der Waals surface area contributed by atoms with Crippen molar-refractivity contribution in [2.45, 2.75) is 18.8 Å². The summed E-state index contributed by atoms with van der Waals surface area (Å²) < 4.78 is 0. The number of carbonyl (C=O) groups excluding carboxylic acids is 1. The van der Waals surface area contributed by atoms with Crippen LogP contribution in [0.1, 0.15) is 45.2 Å². The van der Waals surface area contributed by atoms with Crippen molar-refractivity contribution in [1.82, 2.24) is 20.1 Å². The fraction of sp³-hybridized carbons (Fsp3) is 0.238. The molecule has 0 saturated carbocycles. The van der Waals surface area contributed by atoms with Crippen LogP contribution in [0.4, 0.5) is 0 Å². The van der Waals surface area contributed by atoms with E-state index < -0.39 is 5.97 Å². The minimum Gasteiger partial charge on any atom is -0.478 e. The summed E-state index contributed by atoms with van der Waals surface area (Å²) in [5.74, 6) is -0.904. The summed E-state index contributed by atoms with van der Waals surface area (Å²) in [6.45, 7) is 1.24. The lowest BCUT2D eigenvalue weighted by molar-refractivity contribution is 0.0685. The Balaban J connectivity index is 1.50. The van der Waals surface area contributed by atoms with Gasteiger partial charge in [0.15, 0.2) is 0 Å². The number of H-pyrrole nitrogens is 1. The second kappa shape index (κ2) is 7.64. The first-order valence-corrected chi connectivity index (χ1v) is 9.20. The largest absolute Gasteiger partial charge is 0.478 e. The molecular weight excluding hydrogens is 356 g/mol. The summed E-state index contributed by atoms with van der Waals surface area (Å²) in [4.78, 5) is 30.0. The lowest BCUT2D eigenvalue weighted by Crippen LogP contribution is -2.39. The van der Waals surface area contributed by atoms with Crippen molar-refractivity contribution in [3.05, 3.63) is 71.7 Å². The molecule has 142 valence electrons. The Morgan fingerprint density at radius 3 is 2.75 bits per heavy atom. The fourth-order valence-electron chi connectivity index (χ4n) is 3.63. The zero-order chi connectivity index (χ0) is 19.5. The number of benzene rings is 1. The van der Waals surface area contributed by atoms with Gasteiger partial charge in [-0.25, -0.2) is 4.79 Å². The predicted molar refractivity (Wildman–Crippen MR) is 103 cm³/mol. The molecule has 2 aromatic heterocycles. The molecule has 0 aliphatic carbocycles. The Bertz CT molecular complexity index is 1000. The van der Waals surface area contributed by atoms with E-state index in [2.05, 4.69) is 15.2 Å². The highest BCUT2D eigenvalue weighted by Crippen LogP contribution is 2.28. The lowest BCUT2D eigenvalue weighted by Gasteiger charge is -2.32. The van der Waals surface area contributed by atoms with Crippen LogP contribution >= 0.6 is 0 Å². The van der Waals surface area contributed by atoms with E-state index in [-0.39, 0.29) is 17.4 Å². The van der Waals surface area contributed by atoms with Crippen LogP contribution in [-0.2, 0) is 0 Å². The van der Waals surface area contributed by atoms with Crippen molar-refractivity contribution in [2.24, 2.45) is 0 Å². The highest BCUT2D eigenvalue weighted by molar-refractivity contribution is 5.93. The second-order valence-electron chi connectivity index (χ2n) is 6.92. The maximum atomic E-state index is 12.9. The molecule has 3 aromatic rings. The number of carboxylic acids is 1. The number of aromatic amines is 1. The van der Waals surface area contributed by atoms with E-state index in [1.165, 1.54) is 0 Å². The summed E-state index contributed by atoms with van der Waals surface area (Å²) in [6, 6.07) is 12.4. The summed E-state index contributed by atoms with van der Waals surface area (Å²) in [7, 11) is 0. The van der Waals surface area contributed by atoms with Crippen LogP contribution in [0.5, 0.6) is 0 Å². The Morgan fingerprint density at radius 1 is 1.14 bits per heavy atom. The van der Waals surface area contributed by atoms with E-state index in [4.69, 9.17) is 0 Å². The quantitative estimate of drug-likeness (QED) is 0.728. The van der Waals surface area contributed by atoms with Gasteiger partial charge in [-0.15, -0.1) is 0 Å². The van der Waals surface area contributed by atoms with Crippen LogP contribution in [0, 0.1) is 0 Å². The maximum absolute atomic E-state index is 12.9. The molecule has 0 bridgehead atoms. The van der Waals surface area contributed by atoms with E-state index >= 15 is 0 Å². The molecule has 28 heavy (non-hydrogen) atoms. The van der Waals surface area contributed by atoms with Crippen LogP contribution in [0.15, 0.2) is 54.9 Å². The topological polar surface area (TPSA) is 99.2 Å². The number of aromatic nitrogens is 3. The maximum Gasteiger partial charge on any atom is 0.335 e. The van der Waals surface area contributed by atoms with E-state index in [9.17, 15) is 14.7 Å². The van der Waals surface area contributed by atoms with Crippen molar-refractivity contribution in [2.75, 3.05) is 13.1 Å². The van der Waals surface area contributed by atoms with Gasteiger partial charge in [0.1, 0.15) is 5.69 Å². The number of carboxylic acid groups (broad SMARTS) is 1. The van der Waals surface area contributed by atoms with E-state index in [0.29, 0.717) is 24.5 Å². The van der Waals surface area contributed by atoms with Gasteiger partial charge in [0.2, 0.25) is 0 Å². The van der Waals surface area contributed by atoms with Crippen LogP contribution in [-0.4, -0.2) is 50.2 Å². The van der Waals surface area contributed by atoms with Gasteiger partial charge in [0, 0.05) is 37.0 Å². The molecule has 3 heterocycles. The molecule has 1 atom stereocenters. The number of nitrogens with zero attached hydrogens (tertiary/aromatic N) is 3. The summed E-state index contributed by atoms with van der Waals surface area (Å²) in [5, 5.41) is 16.3. The average molecular weight is 376 g/mol. The molecule has 7 heteroatoms. The number of piperidine rings is 1. The van der Waals surface area contributed by atoms with Gasteiger partial charge in [0.05, 0.1) is 11.3 Å². The smallest absolute Gasteiger partial charge is 0.335 e. The first-order chi connectivity index (χ1) is 13.6. The number of likely N-dealkylation sites (tertiary alicyclic amines) is 1. The zero-order valence-corrected chi connectivity index (χ0v) is 15.2. The van der Waals surface area contributed by atoms with Crippen LogP contribution in [0.2, 0.25) is 0 Å². The van der Waals surface area contributed by atoms with Gasteiger partial charge in [-0.1, -0.05) is 12.1 Å². The van der Waals surface area contributed by atoms with Crippen LogP contribution in [0.3, 0.4) is 0 Å². The average Bonchev–Trinajstić information content (AvgIpc) is 3.24. The van der Waals surface area contributed by atoms with Crippen LogP contribution < -0.4 is 0 Å². The SMILES string of the molecule is O=C(O)c1cccc(C2CCCN(C(=O)c3cc(-c4ccncc4)n[nH]3)C2)c1. The zero-order valence-electron chi connectivity index (χ0n) is 15.2. The van der Waals surface area contributed by atoms with Gasteiger partial charge < -0.3 is 10.0 Å². The molecule has 1 unspecified atom stereocenters. The Hall–Kier alpha value is -3.48. The lowest BCUT2D eigenvalue weighted by atomic mass is 9.89. The Kier molecular flexibility index (Phi) is 4.89. The van der Waals surface area contributed by atoms with Crippen molar-refractivity contribution in [3.8, 4) is 11.3 Å². The number of hydrogen-bond acceptors (Lipinski definition) is 4. The minimum absolute atomic E-state index is 0.0908. The van der Waals surface area contributed by atoms with Gasteiger partial charge in [-0.05, 0) is 48.7 Å². The van der Waals surface area contributed by atoms with E-state index in [0.717, 1.165) is 24.0 Å². The monoisotopic (exact) mass is 376 g/mol. The first-order valence-electron chi connectivity index (χ1n) is 9.20. The number of hydrogen-bond donors (Lipinski definition) is 2. The van der Waals surface area contributed by atoms with Gasteiger partial charge >= 0.3 is 5.97 Å². The summed E-state index contributed by atoms with van der Waals surface area (Å²) >= 11 is 0. The minimum atomic E-state index is -0.938. The fourth-order valence-corrected chi connectivity index (χ4v) is 3.63. The molecule has 7 nitrogen and oxygen atoms in total. The molecule has 1 aromatic carbocycles. The molecule has 1 saturated heterocycles. The molecule has 2 N–H and O–H groups in total. The van der Waals surface area contributed by atoms with Gasteiger partial charge in [-0.2, -0.15) is 5.10 Å². The Labute approximate surface area is 162 Å². The number of rotatable bonds is 4. The molecule has 1 aliphatic heterocycles. The molecule has 0 spiro atoms. The third kappa shape index (κ3) is 3.64. The van der Waals surface area contributed by atoms with Crippen molar-refractivity contribution >= 4 is 11.9 Å². The molecular formula is C21H20N4O3. The highest BCUT2D eigenvalue weighted by atomic mass is 16.4. The Morgan fingerprint density at radius 2 is 1.96 bits per heavy atom. The number of pyridine rings is 1. The van der Waals surface area contributed by atoms with Crippen molar-refractivity contribution < 1.29 is 14.7 Å². The van der Waals surface area contributed by atoms with E-state index in [1.54, 1.807) is 36.7 Å².